The van der Waals surface area contributed by atoms with Crippen molar-refractivity contribution < 1.29 is 5.11 Å². The molecule has 1 saturated carbocycles. The second-order valence-electron chi connectivity index (χ2n) is 5.32. The summed E-state index contributed by atoms with van der Waals surface area (Å²) in [4.78, 5) is 0. The van der Waals surface area contributed by atoms with Gasteiger partial charge in [-0.25, -0.2) is 0 Å². The molecule has 0 saturated heterocycles. The topological polar surface area (TPSA) is 20.2 Å². The second kappa shape index (κ2) is 6.44. The Kier molecular flexibility index (Phi) is 5.54. The maximum atomic E-state index is 8.81. The third-order valence-corrected chi connectivity index (χ3v) is 3.83. The van der Waals surface area contributed by atoms with Crippen LogP contribution in [0.5, 0.6) is 0 Å². The maximum Gasteiger partial charge on any atom is 0.0433 e. The zero-order valence-electron chi connectivity index (χ0n) is 9.84. The van der Waals surface area contributed by atoms with Gasteiger partial charge in [-0.05, 0) is 24.2 Å². The SMILES string of the molecule is CC(CCO)CCC1CCC(C)CC1. The van der Waals surface area contributed by atoms with Crippen LogP contribution in [0.1, 0.15) is 58.8 Å². The number of aliphatic hydroxyl groups excluding tert-OH is 1. The van der Waals surface area contributed by atoms with Crippen LogP contribution < -0.4 is 0 Å². The van der Waals surface area contributed by atoms with Crippen LogP contribution >= 0.6 is 0 Å². The van der Waals surface area contributed by atoms with E-state index in [1.165, 1.54) is 38.5 Å². The van der Waals surface area contributed by atoms with E-state index in [4.69, 9.17) is 5.11 Å². The molecular weight excluding hydrogens is 172 g/mol. The van der Waals surface area contributed by atoms with Gasteiger partial charge in [0, 0.05) is 6.61 Å². The van der Waals surface area contributed by atoms with E-state index in [9.17, 15) is 0 Å². The molecule has 0 radical (unpaired) electrons. The Bertz CT molecular complexity index is 136. The van der Waals surface area contributed by atoms with Gasteiger partial charge in [-0.3, -0.25) is 0 Å². The zero-order valence-corrected chi connectivity index (χ0v) is 9.84. The Balaban J connectivity index is 2.06. The van der Waals surface area contributed by atoms with Gasteiger partial charge in [0.15, 0.2) is 0 Å². The van der Waals surface area contributed by atoms with Gasteiger partial charge in [-0.2, -0.15) is 0 Å². The fraction of sp³-hybridized carbons (Fsp3) is 1.00. The van der Waals surface area contributed by atoms with Crippen LogP contribution in [0.2, 0.25) is 0 Å². The number of aliphatic hydroxyl groups is 1. The van der Waals surface area contributed by atoms with Gasteiger partial charge in [0.05, 0.1) is 0 Å². The molecule has 1 heteroatoms. The first-order chi connectivity index (χ1) is 6.72. The summed E-state index contributed by atoms with van der Waals surface area (Å²) in [5.74, 6) is 2.69. The van der Waals surface area contributed by atoms with Crippen LogP contribution in [0.25, 0.3) is 0 Å². The van der Waals surface area contributed by atoms with Crippen molar-refractivity contribution in [3.05, 3.63) is 0 Å². The van der Waals surface area contributed by atoms with Crippen molar-refractivity contribution in [2.24, 2.45) is 17.8 Å². The number of hydrogen-bond donors (Lipinski definition) is 1. The van der Waals surface area contributed by atoms with Crippen molar-refractivity contribution in [1.29, 1.82) is 0 Å². The molecule has 84 valence electrons. The van der Waals surface area contributed by atoms with Crippen LogP contribution in [-0.2, 0) is 0 Å². The lowest BCUT2D eigenvalue weighted by Crippen LogP contribution is -2.13. The van der Waals surface area contributed by atoms with E-state index in [2.05, 4.69) is 13.8 Å². The van der Waals surface area contributed by atoms with E-state index in [0.29, 0.717) is 6.61 Å². The highest BCUT2D eigenvalue weighted by Crippen LogP contribution is 2.32. The van der Waals surface area contributed by atoms with E-state index in [1.54, 1.807) is 0 Å². The summed E-state index contributed by atoms with van der Waals surface area (Å²) in [6.07, 6.45) is 9.49. The maximum absolute atomic E-state index is 8.81. The highest BCUT2D eigenvalue weighted by atomic mass is 16.3. The van der Waals surface area contributed by atoms with Crippen molar-refractivity contribution in [2.75, 3.05) is 6.61 Å². The Morgan fingerprint density at radius 1 is 1.14 bits per heavy atom. The van der Waals surface area contributed by atoms with Crippen LogP contribution in [-0.4, -0.2) is 11.7 Å². The third kappa shape index (κ3) is 4.45. The Morgan fingerprint density at radius 3 is 2.36 bits per heavy atom. The third-order valence-electron chi connectivity index (χ3n) is 3.83. The van der Waals surface area contributed by atoms with Gasteiger partial charge in [-0.15, -0.1) is 0 Å². The van der Waals surface area contributed by atoms with Crippen molar-refractivity contribution in [3.8, 4) is 0 Å². The highest BCUT2D eigenvalue weighted by molar-refractivity contribution is 4.70. The Morgan fingerprint density at radius 2 is 1.79 bits per heavy atom. The molecular formula is C13H26O. The molecule has 0 aromatic heterocycles. The van der Waals surface area contributed by atoms with Gasteiger partial charge >= 0.3 is 0 Å². The van der Waals surface area contributed by atoms with Crippen LogP contribution in [0.15, 0.2) is 0 Å². The van der Waals surface area contributed by atoms with E-state index in [-0.39, 0.29) is 0 Å². The lowest BCUT2D eigenvalue weighted by atomic mass is 9.80. The molecule has 1 aliphatic rings. The highest BCUT2D eigenvalue weighted by Gasteiger charge is 2.18. The molecule has 1 N–H and O–H groups in total. The fourth-order valence-corrected chi connectivity index (χ4v) is 2.50. The smallest absolute Gasteiger partial charge is 0.0433 e. The molecule has 0 heterocycles. The first-order valence-corrected chi connectivity index (χ1v) is 6.33. The lowest BCUT2D eigenvalue weighted by Gasteiger charge is -2.26. The van der Waals surface area contributed by atoms with Crippen LogP contribution in [0.3, 0.4) is 0 Å². The van der Waals surface area contributed by atoms with Gasteiger partial charge in [0.2, 0.25) is 0 Å². The predicted octanol–water partition coefficient (Wildman–Crippen LogP) is 3.61. The molecule has 14 heavy (non-hydrogen) atoms. The normalized spacial score (nSPS) is 30.2. The molecule has 1 unspecified atom stereocenters. The minimum atomic E-state index is 0.364. The summed E-state index contributed by atoms with van der Waals surface area (Å²) in [5, 5.41) is 8.81. The molecule has 0 spiro atoms. The predicted molar refractivity (Wildman–Crippen MR) is 61.2 cm³/mol. The molecule has 0 aromatic carbocycles. The molecule has 0 amide bonds. The molecule has 1 rings (SSSR count). The molecule has 1 nitrogen and oxygen atoms in total. The Hall–Kier alpha value is -0.0400. The van der Waals surface area contributed by atoms with Crippen molar-refractivity contribution >= 4 is 0 Å². The van der Waals surface area contributed by atoms with Crippen molar-refractivity contribution in [1.82, 2.24) is 0 Å². The van der Waals surface area contributed by atoms with E-state index in [0.717, 1.165) is 24.2 Å². The van der Waals surface area contributed by atoms with Gasteiger partial charge in [-0.1, -0.05) is 52.4 Å². The average molecular weight is 198 g/mol. The average Bonchev–Trinajstić information content (AvgIpc) is 2.17. The van der Waals surface area contributed by atoms with E-state index in [1.807, 2.05) is 0 Å². The molecule has 1 atom stereocenters. The first kappa shape index (κ1) is 12.0. The molecule has 1 fully saturated rings. The largest absolute Gasteiger partial charge is 0.396 e. The standard InChI is InChI=1S/C13H26O/c1-11-3-6-13(7-4-11)8-5-12(2)9-10-14/h11-14H,3-10H2,1-2H3. The first-order valence-electron chi connectivity index (χ1n) is 6.33. The van der Waals surface area contributed by atoms with E-state index < -0.39 is 0 Å². The summed E-state index contributed by atoms with van der Waals surface area (Å²) in [7, 11) is 0. The summed E-state index contributed by atoms with van der Waals surface area (Å²) in [6.45, 7) is 5.01. The number of rotatable bonds is 5. The monoisotopic (exact) mass is 198 g/mol. The minimum Gasteiger partial charge on any atom is -0.396 e. The summed E-state index contributed by atoms with van der Waals surface area (Å²) in [5.41, 5.74) is 0. The molecule has 1 aliphatic carbocycles. The van der Waals surface area contributed by atoms with Gasteiger partial charge in [0.25, 0.3) is 0 Å². The molecule has 0 aliphatic heterocycles. The lowest BCUT2D eigenvalue weighted by molar-refractivity contribution is 0.234. The molecule has 0 bridgehead atoms. The van der Waals surface area contributed by atoms with Gasteiger partial charge in [0.1, 0.15) is 0 Å². The fourth-order valence-electron chi connectivity index (χ4n) is 2.50. The molecule has 0 aromatic rings. The summed E-state index contributed by atoms with van der Waals surface area (Å²) < 4.78 is 0. The minimum absolute atomic E-state index is 0.364. The quantitative estimate of drug-likeness (QED) is 0.715. The summed E-state index contributed by atoms with van der Waals surface area (Å²) >= 11 is 0. The van der Waals surface area contributed by atoms with Crippen molar-refractivity contribution in [3.63, 3.8) is 0 Å². The van der Waals surface area contributed by atoms with Crippen LogP contribution in [0.4, 0.5) is 0 Å². The zero-order chi connectivity index (χ0) is 10.4. The van der Waals surface area contributed by atoms with E-state index >= 15 is 0 Å². The van der Waals surface area contributed by atoms with Crippen molar-refractivity contribution in [2.45, 2.75) is 58.8 Å². The van der Waals surface area contributed by atoms with Gasteiger partial charge < -0.3 is 5.11 Å². The van der Waals surface area contributed by atoms with Crippen LogP contribution in [0, 0.1) is 17.8 Å². The summed E-state index contributed by atoms with van der Waals surface area (Å²) in [6, 6.07) is 0. The number of hydrogen-bond acceptors (Lipinski definition) is 1. The Labute approximate surface area is 88.9 Å². The second-order valence-corrected chi connectivity index (χ2v) is 5.32.